The lowest BCUT2D eigenvalue weighted by atomic mass is 10.3. The highest BCUT2D eigenvalue weighted by Gasteiger charge is 2.14. The summed E-state index contributed by atoms with van der Waals surface area (Å²) < 4.78 is 4.96. The molecule has 0 saturated carbocycles. The van der Waals surface area contributed by atoms with Gasteiger partial charge < -0.3 is 10.1 Å². The average molecular weight is 310 g/mol. The van der Waals surface area contributed by atoms with Crippen molar-refractivity contribution in [3.8, 4) is 0 Å². The predicted octanol–water partition coefficient (Wildman–Crippen LogP) is 3.51. The molecule has 0 atom stereocenters. The van der Waals surface area contributed by atoms with E-state index in [1.54, 1.807) is 29.6 Å². The van der Waals surface area contributed by atoms with Crippen LogP contribution in [0.4, 0.5) is 5.69 Å². The third-order valence-electron chi connectivity index (χ3n) is 2.53. The number of esters is 1. The molecule has 104 valence electrons. The van der Waals surface area contributed by atoms with Crippen molar-refractivity contribution in [2.75, 3.05) is 11.9 Å². The number of anilines is 1. The Morgan fingerprint density at radius 2 is 2.05 bits per heavy atom. The number of hydrogen-bond acceptors (Lipinski definition) is 4. The molecule has 0 radical (unpaired) electrons. The van der Waals surface area contributed by atoms with Crippen molar-refractivity contribution in [1.82, 2.24) is 0 Å². The van der Waals surface area contributed by atoms with E-state index in [-0.39, 0.29) is 6.61 Å². The Balaban J connectivity index is 1.89. The van der Waals surface area contributed by atoms with Gasteiger partial charge in [-0.1, -0.05) is 23.7 Å². The van der Waals surface area contributed by atoms with Crippen molar-refractivity contribution in [2.45, 2.75) is 6.92 Å². The second-order valence-corrected chi connectivity index (χ2v) is 5.36. The number of para-hydroxylation sites is 1. The molecule has 1 amide bonds. The summed E-state index contributed by atoms with van der Waals surface area (Å²) in [5, 5.41) is 4.81. The summed E-state index contributed by atoms with van der Waals surface area (Å²) in [5.74, 6) is -0.924. The summed E-state index contributed by atoms with van der Waals surface area (Å²) in [6, 6.07) is 8.68. The molecule has 2 rings (SSSR count). The number of aryl methyl sites for hydroxylation is 1. The smallest absolute Gasteiger partial charge is 0.349 e. The van der Waals surface area contributed by atoms with Gasteiger partial charge in [-0.3, -0.25) is 4.79 Å². The molecule has 1 aromatic heterocycles. The van der Waals surface area contributed by atoms with Crippen LogP contribution in [0.3, 0.4) is 0 Å². The van der Waals surface area contributed by atoms with Crippen LogP contribution in [0.2, 0.25) is 5.02 Å². The number of carbonyl (C=O) groups is 2. The summed E-state index contributed by atoms with van der Waals surface area (Å²) in [6.45, 7) is 1.47. The molecule has 1 aromatic carbocycles. The van der Waals surface area contributed by atoms with Gasteiger partial charge in [-0.25, -0.2) is 4.79 Å². The molecular weight excluding hydrogens is 298 g/mol. The van der Waals surface area contributed by atoms with Crippen molar-refractivity contribution in [1.29, 1.82) is 0 Å². The predicted molar refractivity (Wildman–Crippen MR) is 79.4 cm³/mol. The molecule has 1 N–H and O–H groups in total. The minimum absolute atomic E-state index is 0.346. The van der Waals surface area contributed by atoms with Gasteiger partial charge in [-0.15, -0.1) is 11.3 Å². The zero-order valence-electron chi connectivity index (χ0n) is 10.7. The first-order valence-corrected chi connectivity index (χ1v) is 7.09. The molecule has 0 fully saturated rings. The van der Waals surface area contributed by atoms with Gasteiger partial charge in [0, 0.05) is 0 Å². The average Bonchev–Trinajstić information content (AvgIpc) is 2.85. The molecule has 0 aliphatic heterocycles. The number of rotatable bonds is 4. The van der Waals surface area contributed by atoms with Gasteiger partial charge in [-0.2, -0.15) is 0 Å². The number of amides is 1. The van der Waals surface area contributed by atoms with E-state index in [4.69, 9.17) is 16.3 Å². The molecule has 0 saturated heterocycles. The van der Waals surface area contributed by atoms with Gasteiger partial charge >= 0.3 is 5.97 Å². The second-order valence-electron chi connectivity index (χ2n) is 4.04. The molecule has 4 nitrogen and oxygen atoms in total. The fourth-order valence-corrected chi connectivity index (χ4v) is 2.53. The van der Waals surface area contributed by atoms with E-state index in [0.29, 0.717) is 15.6 Å². The third-order valence-corrected chi connectivity index (χ3v) is 3.86. The van der Waals surface area contributed by atoms with Crippen LogP contribution in [0.1, 0.15) is 15.2 Å². The summed E-state index contributed by atoms with van der Waals surface area (Å²) in [6.07, 6.45) is 0. The molecule has 1 heterocycles. The monoisotopic (exact) mass is 309 g/mol. The van der Waals surface area contributed by atoms with E-state index in [0.717, 1.165) is 5.56 Å². The number of hydrogen-bond donors (Lipinski definition) is 1. The highest BCUT2D eigenvalue weighted by Crippen LogP contribution is 2.20. The first-order valence-electron chi connectivity index (χ1n) is 5.83. The summed E-state index contributed by atoms with van der Waals surface area (Å²) in [4.78, 5) is 23.9. The van der Waals surface area contributed by atoms with Crippen molar-refractivity contribution in [3.05, 3.63) is 51.2 Å². The summed E-state index contributed by atoms with van der Waals surface area (Å²) in [5.41, 5.74) is 1.33. The standard InChI is InChI=1S/C14H12ClNO3S/c1-9-6-7-20-13(9)14(18)19-8-12(17)16-11-5-3-2-4-10(11)15/h2-7H,8H2,1H3,(H,16,17). The van der Waals surface area contributed by atoms with E-state index in [1.807, 2.05) is 13.0 Å². The quantitative estimate of drug-likeness (QED) is 0.879. The number of nitrogens with one attached hydrogen (secondary N) is 1. The number of carbonyl (C=O) groups excluding carboxylic acids is 2. The highest BCUT2D eigenvalue weighted by atomic mass is 35.5. The third kappa shape index (κ3) is 3.59. The maximum Gasteiger partial charge on any atom is 0.349 e. The Hall–Kier alpha value is -1.85. The number of benzene rings is 1. The maximum atomic E-state index is 11.7. The minimum Gasteiger partial charge on any atom is -0.451 e. The number of ether oxygens (including phenoxy) is 1. The van der Waals surface area contributed by atoms with Gasteiger partial charge in [-0.05, 0) is 36.1 Å². The molecule has 2 aromatic rings. The molecule has 0 aliphatic carbocycles. The fraction of sp³-hybridized carbons (Fsp3) is 0.143. The molecule has 20 heavy (non-hydrogen) atoms. The lowest BCUT2D eigenvalue weighted by molar-refractivity contribution is -0.119. The Morgan fingerprint density at radius 3 is 2.70 bits per heavy atom. The molecule has 0 bridgehead atoms. The second kappa shape index (κ2) is 6.54. The summed E-state index contributed by atoms with van der Waals surface area (Å²) >= 11 is 7.20. The van der Waals surface area contributed by atoms with Crippen LogP contribution in [0.15, 0.2) is 35.7 Å². The van der Waals surface area contributed by atoms with Gasteiger partial charge in [0.25, 0.3) is 5.91 Å². The van der Waals surface area contributed by atoms with Crippen LogP contribution in [0.25, 0.3) is 0 Å². The first-order chi connectivity index (χ1) is 9.58. The Bertz CT molecular complexity index is 639. The maximum absolute atomic E-state index is 11.7. The highest BCUT2D eigenvalue weighted by molar-refractivity contribution is 7.12. The van der Waals surface area contributed by atoms with Crippen molar-refractivity contribution >= 4 is 40.5 Å². The zero-order valence-corrected chi connectivity index (χ0v) is 12.3. The van der Waals surface area contributed by atoms with Crippen LogP contribution < -0.4 is 5.32 Å². The lowest BCUT2D eigenvalue weighted by Gasteiger charge is -2.07. The van der Waals surface area contributed by atoms with E-state index < -0.39 is 11.9 Å². The van der Waals surface area contributed by atoms with Gasteiger partial charge in [0.1, 0.15) is 4.88 Å². The van der Waals surface area contributed by atoms with Crippen molar-refractivity contribution in [2.24, 2.45) is 0 Å². The molecule has 0 aliphatic rings. The molecule has 0 spiro atoms. The largest absolute Gasteiger partial charge is 0.451 e. The summed E-state index contributed by atoms with van der Waals surface area (Å²) in [7, 11) is 0. The fourth-order valence-electron chi connectivity index (χ4n) is 1.53. The van der Waals surface area contributed by atoms with Gasteiger partial charge in [0.05, 0.1) is 10.7 Å². The SMILES string of the molecule is Cc1ccsc1C(=O)OCC(=O)Nc1ccccc1Cl. The van der Waals surface area contributed by atoms with Crippen LogP contribution >= 0.6 is 22.9 Å². The van der Waals surface area contributed by atoms with Crippen LogP contribution in [0, 0.1) is 6.92 Å². The Labute approximate surface area is 125 Å². The van der Waals surface area contributed by atoms with Gasteiger partial charge in [0.2, 0.25) is 0 Å². The molecular formula is C14H12ClNO3S. The first kappa shape index (κ1) is 14.6. The number of thiophene rings is 1. The molecule has 0 unspecified atom stereocenters. The van der Waals surface area contributed by atoms with Crippen LogP contribution in [0.5, 0.6) is 0 Å². The Morgan fingerprint density at radius 1 is 1.30 bits per heavy atom. The van der Waals surface area contributed by atoms with E-state index in [9.17, 15) is 9.59 Å². The van der Waals surface area contributed by atoms with Crippen molar-refractivity contribution < 1.29 is 14.3 Å². The van der Waals surface area contributed by atoms with Crippen LogP contribution in [-0.2, 0) is 9.53 Å². The van der Waals surface area contributed by atoms with Crippen molar-refractivity contribution in [3.63, 3.8) is 0 Å². The molecule has 6 heteroatoms. The topological polar surface area (TPSA) is 55.4 Å². The van der Waals surface area contributed by atoms with E-state index in [1.165, 1.54) is 11.3 Å². The Kier molecular flexibility index (Phi) is 4.76. The minimum atomic E-state index is -0.494. The zero-order chi connectivity index (χ0) is 14.5. The van der Waals surface area contributed by atoms with E-state index >= 15 is 0 Å². The van der Waals surface area contributed by atoms with Crippen LogP contribution in [-0.4, -0.2) is 18.5 Å². The lowest BCUT2D eigenvalue weighted by Crippen LogP contribution is -2.21. The normalized spacial score (nSPS) is 10.1. The van der Waals surface area contributed by atoms with Gasteiger partial charge in [0.15, 0.2) is 6.61 Å². The number of halogens is 1. The van der Waals surface area contributed by atoms with E-state index in [2.05, 4.69) is 5.32 Å².